The molecule has 18 heavy (non-hydrogen) atoms. The Hall–Kier alpha value is -1.26. The quantitative estimate of drug-likeness (QED) is 0.875. The Labute approximate surface area is 111 Å². The molecule has 1 heterocycles. The molecule has 0 saturated carbocycles. The van der Waals surface area contributed by atoms with Gasteiger partial charge in [-0.05, 0) is 30.5 Å². The van der Waals surface area contributed by atoms with E-state index in [2.05, 4.69) is 4.90 Å². The van der Waals surface area contributed by atoms with Gasteiger partial charge in [0.2, 0.25) is 0 Å². The van der Waals surface area contributed by atoms with Crippen LogP contribution in [0, 0.1) is 0 Å². The first-order valence-corrected chi connectivity index (χ1v) is 6.48. The highest BCUT2D eigenvalue weighted by Crippen LogP contribution is 2.30. The van der Waals surface area contributed by atoms with Crippen molar-refractivity contribution < 1.29 is 9.90 Å². The van der Waals surface area contributed by atoms with Gasteiger partial charge in [-0.1, -0.05) is 17.7 Å². The molecule has 1 aliphatic heterocycles. The minimum absolute atomic E-state index is 0.265. The van der Waals surface area contributed by atoms with Crippen LogP contribution in [0.25, 0.3) is 0 Å². The minimum atomic E-state index is -0.998. The maximum absolute atomic E-state index is 10.9. The van der Waals surface area contributed by atoms with Crippen LogP contribution < -0.4 is 10.6 Å². The SMILES string of the molecule is NC(Cc1c(Cl)cccc1N1CCCC1)C(=O)O. The summed E-state index contributed by atoms with van der Waals surface area (Å²) in [6.07, 6.45) is 2.59. The molecule has 0 amide bonds. The molecule has 0 aromatic heterocycles. The predicted octanol–water partition coefficient (Wildman–Crippen LogP) is 1.89. The molecule has 98 valence electrons. The molecular formula is C13H17ClN2O2. The first-order chi connectivity index (χ1) is 8.59. The van der Waals surface area contributed by atoms with Crippen molar-refractivity contribution in [2.45, 2.75) is 25.3 Å². The number of aliphatic carboxylic acids is 1. The van der Waals surface area contributed by atoms with E-state index < -0.39 is 12.0 Å². The van der Waals surface area contributed by atoms with Crippen molar-refractivity contribution >= 4 is 23.3 Å². The van der Waals surface area contributed by atoms with Crippen LogP contribution in [0.2, 0.25) is 5.02 Å². The summed E-state index contributed by atoms with van der Waals surface area (Å²) in [6.45, 7) is 1.99. The highest BCUT2D eigenvalue weighted by atomic mass is 35.5. The number of rotatable bonds is 4. The van der Waals surface area contributed by atoms with E-state index in [0.29, 0.717) is 5.02 Å². The van der Waals surface area contributed by atoms with Crippen molar-refractivity contribution in [1.29, 1.82) is 0 Å². The molecule has 5 heteroatoms. The number of nitrogens with two attached hydrogens (primary N) is 1. The number of hydrogen-bond donors (Lipinski definition) is 2. The maximum atomic E-state index is 10.9. The van der Waals surface area contributed by atoms with Crippen LogP contribution in [0.4, 0.5) is 5.69 Å². The second-order valence-electron chi connectivity index (χ2n) is 4.58. The molecule has 0 radical (unpaired) electrons. The van der Waals surface area contributed by atoms with E-state index >= 15 is 0 Å². The Morgan fingerprint density at radius 2 is 2.11 bits per heavy atom. The van der Waals surface area contributed by atoms with Gasteiger partial charge in [-0.15, -0.1) is 0 Å². The molecule has 1 fully saturated rings. The average molecular weight is 269 g/mol. The van der Waals surface area contributed by atoms with E-state index in [-0.39, 0.29) is 6.42 Å². The van der Waals surface area contributed by atoms with Crippen molar-refractivity contribution in [2.24, 2.45) is 5.73 Å². The van der Waals surface area contributed by atoms with Gasteiger partial charge in [-0.2, -0.15) is 0 Å². The fraction of sp³-hybridized carbons (Fsp3) is 0.462. The van der Waals surface area contributed by atoms with Crippen molar-refractivity contribution in [3.63, 3.8) is 0 Å². The van der Waals surface area contributed by atoms with Crippen molar-refractivity contribution in [3.8, 4) is 0 Å². The van der Waals surface area contributed by atoms with Gasteiger partial charge < -0.3 is 15.7 Å². The van der Waals surface area contributed by atoms with Crippen LogP contribution in [0.1, 0.15) is 18.4 Å². The lowest BCUT2D eigenvalue weighted by Gasteiger charge is -2.23. The molecule has 0 spiro atoms. The fourth-order valence-electron chi connectivity index (χ4n) is 2.31. The average Bonchev–Trinajstić information content (AvgIpc) is 2.85. The monoisotopic (exact) mass is 268 g/mol. The highest BCUT2D eigenvalue weighted by molar-refractivity contribution is 6.31. The Morgan fingerprint density at radius 1 is 1.44 bits per heavy atom. The summed E-state index contributed by atoms with van der Waals surface area (Å²) in [5.74, 6) is -0.998. The third-order valence-corrected chi connectivity index (χ3v) is 3.64. The van der Waals surface area contributed by atoms with Gasteiger partial charge >= 0.3 is 5.97 Å². The molecule has 1 aliphatic rings. The van der Waals surface area contributed by atoms with Crippen LogP contribution in [-0.2, 0) is 11.2 Å². The van der Waals surface area contributed by atoms with E-state index in [0.717, 1.165) is 37.2 Å². The summed E-state index contributed by atoms with van der Waals surface area (Å²) in [5, 5.41) is 9.50. The number of halogens is 1. The lowest BCUT2D eigenvalue weighted by Crippen LogP contribution is -2.33. The number of hydrogen-bond acceptors (Lipinski definition) is 3. The molecule has 1 unspecified atom stereocenters. The summed E-state index contributed by atoms with van der Waals surface area (Å²) in [7, 11) is 0. The Bertz CT molecular complexity index is 445. The largest absolute Gasteiger partial charge is 0.480 e. The molecular weight excluding hydrogens is 252 g/mol. The summed E-state index contributed by atoms with van der Waals surface area (Å²) >= 11 is 6.18. The van der Waals surface area contributed by atoms with Gasteiger partial charge in [0.05, 0.1) is 0 Å². The van der Waals surface area contributed by atoms with Crippen LogP contribution in [0.15, 0.2) is 18.2 Å². The van der Waals surface area contributed by atoms with Crippen LogP contribution in [-0.4, -0.2) is 30.2 Å². The molecule has 2 rings (SSSR count). The third kappa shape index (κ3) is 2.76. The van der Waals surface area contributed by atoms with Crippen LogP contribution >= 0.6 is 11.6 Å². The zero-order chi connectivity index (χ0) is 13.1. The summed E-state index contributed by atoms with van der Waals surface area (Å²) in [5.41, 5.74) is 7.48. The number of anilines is 1. The number of carboxylic acids is 1. The molecule has 0 aliphatic carbocycles. The van der Waals surface area contributed by atoms with Gasteiger partial charge in [0.15, 0.2) is 0 Å². The fourth-order valence-corrected chi connectivity index (χ4v) is 2.56. The van der Waals surface area contributed by atoms with E-state index in [9.17, 15) is 4.79 Å². The molecule has 1 atom stereocenters. The molecule has 3 N–H and O–H groups in total. The topological polar surface area (TPSA) is 66.6 Å². The first-order valence-electron chi connectivity index (χ1n) is 6.10. The zero-order valence-electron chi connectivity index (χ0n) is 10.1. The van der Waals surface area contributed by atoms with Crippen LogP contribution in [0.3, 0.4) is 0 Å². The minimum Gasteiger partial charge on any atom is -0.480 e. The molecule has 1 aromatic rings. The summed E-state index contributed by atoms with van der Waals surface area (Å²) in [6, 6.07) is 4.75. The Morgan fingerprint density at radius 3 is 2.72 bits per heavy atom. The summed E-state index contributed by atoms with van der Waals surface area (Å²) < 4.78 is 0. The molecule has 4 nitrogen and oxygen atoms in total. The first kappa shape index (κ1) is 13.2. The third-order valence-electron chi connectivity index (χ3n) is 3.28. The van der Waals surface area contributed by atoms with Gasteiger partial charge in [0.25, 0.3) is 0 Å². The highest BCUT2D eigenvalue weighted by Gasteiger charge is 2.21. The van der Waals surface area contributed by atoms with Crippen molar-refractivity contribution in [1.82, 2.24) is 0 Å². The smallest absolute Gasteiger partial charge is 0.320 e. The molecule has 1 aromatic carbocycles. The molecule has 1 saturated heterocycles. The van der Waals surface area contributed by atoms with Crippen molar-refractivity contribution in [3.05, 3.63) is 28.8 Å². The van der Waals surface area contributed by atoms with Crippen LogP contribution in [0.5, 0.6) is 0 Å². The van der Waals surface area contributed by atoms with E-state index in [1.165, 1.54) is 0 Å². The second-order valence-corrected chi connectivity index (χ2v) is 4.99. The van der Waals surface area contributed by atoms with Gasteiger partial charge in [0, 0.05) is 30.2 Å². The number of carbonyl (C=O) groups is 1. The number of benzene rings is 1. The zero-order valence-corrected chi connectivity index (χ0v) is 10.9. The second kappa shape index (κ2) is 5.59. The van der Waals surface area contributed by atoms with E-state index in [1.807, 2.05) is 12.1 Å². The Kier molecular flexibility index (Phi) is 4.09. The lowest BCUT2D eigenvalue weighted by molar-refractivity contribution is -0.138. The summed E-state index contributed by atoms with van der Waals surface area (Å²) in [4.78, 5) is 13.1. The standard InChI is InChI=1S/C13H17ClN2O2/c14-10-4-3-5-12(16-6-1-2-7-16)9(10)8-11(15)13(17)18/h3-5,11H,1-2,6-8,15H2,(H,17,18). The maximum Gasteiger partial charge on any atom is 0.320 e. The van der Waals surface area contributed by atoms with E-state index in [1.54, 1.807) is 6.07 Å². The van der Waals surface area contributed by atoms with Gasteiger partial charge in [0.1, 0.15) is 6.04 Å². The number of nitrogens with zero attached hydrogens (tertiary/aromatic N) is 1. The van der Waals surface area contributed by atoms with Gasteiger partial charge in [-0.3, -0.25) is 4.79 Å². The normalized spacial score (nSPS) is 16.9. The van der Waals surface area contributed by atoms with Gasteiger partial charge in [-0.25, -0.2) is 0 Å². The van der Waals surface area contributed by atoms with E-state index in [4.69, 9.17) is 22.4 Å². The lowest BCUT2D eigenvalue weighted by atomic mass is 10.0. The Balaban J connectivity index is 2.28. The predicted molar refractivity (Wildman–Crippen MR) is 72.2 cm³/mol. The molecule has 0 bridgehead atoms. The number of carboxylic acid groups (broad SMARTS) is 1. The van der Waals surface area contributed by atoms with Crippen molar-refractivity contribution in [2.75, 3.05) is 18.0 Å².